The Bertz CT molecular complexity index is 946. The molecule has 136 valence electrons. The predicted octanol–water partition coefficient (Wildman–Crippen LogP) is 5.38. The van der Waals surface area contributed by atoms with Crippen molar-refractivity contribution >= 4 is 29.0 Å². The Kier molecular flexibility index (Phi) is 5.88. The Labute approximate surface area is 161 Å². The van der Waals surface area contributed by atoms with Gasteiger partial charge in [-0.1, -0.05) is 54.6 Å². The van der Waals surface area contributed by atoms with Crippen molar-refractivity contribution in [3.8, 4) is 0 Å². The molecule has 5 nitrogen and oxygen atoms in total. The molecule has 0 radical (unpaired) electrons. The molecular weight excluding hydrogens is 360 g/mol. The van der Waals surface area contributed by atoms with E-state index >= 15 is 0 Å². The Balaban J connectivity index is 1.87. The SMILES string of the molecule is Cc1ccc(NC(=O)[C@H](Sc2ccccc2)c2ccccc2)cc1[N+](=O)[O-]. The van der Waals surface area contributed by atoms with Crippen LogP contribution in [0.2, 0.25) is 0 Å². The van der Waals surface area contributed by atoms with Gasteiger partial charge in [-0.25, -0.2) is 0 Å². The summed E-state index contributed by atoms with van der Waals surface area (Å²) in [7, 11) is 0. The van der Waals surface area contributed by atoms with E-state index in [0.717, 1.165) is 10.5 Å². The molecule has 0 aliphatic heterocycles. The van der Waals surface area contributed by atoms with Crippen molar-refractivity contribution in [1.29, 1.82) is 0 Å². The van der Waals surface area contributed by atoms with Gasteiger partial charge in [0.1, 0.15) is 5.25 Å². The molecule has 0 spiro atoms. The van der Waals surface area contributed by atoms with Crippen molar-refractivity contribution in [3.63, 3.8) is 0 Å². The molecule has 0 aromatic heterocycles. The number of nitrogens with one attached hydrogen (secondary N) is 1. The zero-order chi connectivity index (χ0) is 19.2. The highest BCUT2D eigenvalue weighted by molar-refractivity contribution is 8.00. The maximum atomic E-state index is 13.0. The Morgan fingerprint density at radius 2 is 1.63 bits per heavy atom. The molecule has 1 amide bonds. The van der Waals surface area contributed by atoms with Gasteiger partial charge < -0.3 is 5.32 Å². The van der Waals surface area contributed by atoms with Gasteiger partial charge in [-0.3, -0.25) is 14.9 Å². The first-order valence-corrected chi connectivity index (χ1v) is 9.25. The second kappa shape index (κ2) is 8.51. The Hall–Kier alpha value is -3.12. The van der Waals surface area contributed by atoms with Crippen LogP contribution in [0.15, 0.2) is 83.8 Å². The Morgan fingerprint density at radius 1 is 1.00 bits per heavy atom. The van der Waals surface area contributed by atoms with E-state index in [0.29, 0.717) is 11.3 Å². The van der Waals surface area contributed by atoms with Gasteiger partial charge in [0.25, 0.3) is 5.69 Å². The number of carbonyl (C=O) groups is 1. The van der Waals surface area contributed by atoms with Gasteiger partial charge in [-0.15, -0.1) is 11.8 Å². The summed E-state index contributed by atoms with van der Waals surface area (Å²) >= 11 is 1.44. The minimum atomic E-state index is -0.478. The number of rotatable bonds is 6. The number of nitro benzene ring substituents is 1. The summed E-state index contributed by atoms with van der Waals surface area (Å²) < 4.78 is 0. The molecular formula is C21H18N2O3S. The molecule has 3 aromatic carbocycles. The summed E-state index contributed by atoms with van der Waals surface area (Å²) in [5.74, 6) is -0.229. The van der Waals surface area contributed by atoms with Crippen molar-refractivity contribution < 1.29 is 9.72 Å². The van der Waals surface area contributed by atoms with E-state index in [2.05, 4.69) is 5.32 Å². The summed E-state index contributed by atoms with van der Waals surface area (Å²) in [4.78, 5) is 24.6. The van der Waals surface area contributed by atoms with Gasteiger partial charge in [0, 0.05) is 22.2 Å². The molecule has 0 fully saturated rings. The van der Waals surface area contributed by atoms with E-state index in [9.17, 15) is 14.9 Å². The zero-order valence-electron chi connectivity index (χ0n) is 14.7. The van der Waals surface area contributed by atoms with Crippen LogP contribution in [0.5, 0.6) is 0 Å². The highest BCUT2D eigenvalue weighted by Crippen LogP contribution is 2.36. The maximum absolute atomic E-state index is 13.0. The topological polar surface area (TPSA) is 72.2 Å². The molecule has 1 N–H and O–H groups in total. The molecule has 0 aliphatic rings. The summed E-state index contributed by atoms with van der Waals surface area (Å²) in [6.07, 6.45) is 0. The highest BCUT2D eigenvalue weighted by Gasteiger charge is 2.23. The first-order chi connectivity index (χ1) is 13.0. The third kappa shape index (κ3) is 4.74. The summed E-state index contributed by atoms with van der Waals surface area (Å²) in [6, 6.07) is 23.8. The number of thioether (sulfide) groups is 1. The average Bonchev–Trinajstić information content (AvgIpc) is 2.69. The molecule has 0 saturated heterocycles. The molecule has 1 atom stereocenters. The molecule has 3 aromatic rings. The summed E-state index contributed by atoms with van der Waals surface area (Å²) in [5, 5.41) is 13.5. The lowest BCUT2D eigenvalue weighted by atomic mass is 10.1. The van der Waals surface area contributed by atoms with E-state index in [4.69, 9.17) is 0 Å². The number of nitrogens with zero attached hydrogens (tertiary/aromatic N) is 1. The molecule has 3 rings (SSSR count). The lowest BCUT2D eigenvalue weighted by Gasteiger charge is -2.17. The highest BCUT2D eigenvalue weighted by atomic mass is 32.2. The van der Waals surface area contributed by atoms with E-state index < -0.39 is 10.2 Å². The predicted molar refractivity (Wildman–Crippen MR) is 108 cm³/mol. The maximum Gasteiger partial charge on any atom is 0.274 e. The fraction of sp³-hybridized carbons (Fsp3) is 0.0952. The van der Waals surface area contributed by atoms with Crippen molar-refractivity contribution in [3.05, 3.63) is 100 Å². The van der Waals surface area contributed by atoms with E-state index in [1.807, 2.05) is 60.7 Å². The van der Waals surface area contributed by atoms with Gasteiger partial charge in [0.05, 0.1) is 4.92 Å². The largest absolute Gasteiger partial charge is 0.325 e. The van der Waals surface area contributed by atoms with Crippen LogP contribution in [-0.4, -0.2) is 10.8 Å². The van der Waals surface area contributed by atoms with Gasteiger partial charge in [-0.05, 0) is 30.7 Å². The second-order valence-corrected chi connectivity index (χ2v) is 7.15. The number of hydrogen-bond acceptors (Lipinski definition) is 4. The first kappa shape index (κ1) is 18.7. The number of anilines is 1. The van der Waals surface area contributed by atoms with Gasteiger partial charge >= 0.3 is 0 Å². The van der Waals surface area contributed by atoms with Crippen LogP contribution in [0.1, 0.15) is 16.4 Å². The summed E-state index contributed by atoms with van der Waals surface area (Å²) in [5.41, 5.74) is 1.81. The molecule has 0 saturated carbocycles. The van der Waals surface area contributed by atoms with E-state index in [1.165, 1.54) is 17.8 Å². The number of aryl methyl sites for hydroxylation is 1. The van der Waals surface area contributed by atoms with Crippen molar-refractivity contribution in [2.45, 2.75) is 17.1 Å². The van der Waals surface area contributed by atoms with Crippen molar-refractivity contribution in [2.75, 3.05) is 5.32 Å². The fourth-order valence-corrected chi connectivity index (χ4v) is 3.67. The zero-order valence-corrected chi connectivity index (χ0v) is 15.5. The fourth-order valence-electron chi connectivity index (χ4n) is 2.63. The van der Waals surface area contributed by atoms with Crippen molar-refractivity contribution in [1.82, 2.24) is 0 Å². The molecule has 0 unspecified atom stereocenters. The number of nitro groups is 1. The molecule has 0 bridgehead atoms. The second-order valence-electron chi connectivity index (χ2n) is 5.97. The lowest BCUT2D eigenvalue weighted by molar-refractivity contribution is -0.385. The van der Waals surface area contributed by atoms with Crippen molar-refractivity contribution in [2.24, 2.45) is 0 Å². The number of hydrogen-bond donors (Lipinski definition) is 1. The van der Waals surface area contributed by atoms with Gasteiger partial charge in [0.15, 0.2) is 0 Å². The van der Waals surface area contributed by atoms with Crippen LogP contribution in [0.3, 0.4) is 0 Å². The minimum absolute atomic E-state index is 0.0141. The van der Waals surface area contributed by atoms with Crippen LogP contribution in [0, 0.1) is 17.0 Å². The lowest BCUT2D eigenvalue weighted by Crippen LogP contribution is -2.19. The number of benzene rings is 3. The monoisotopic (exact) mass is 378 g/mol. The molecule has 27 heavy (non-hydrogen) atoms. The van der Waals surface area contributed by atoms with Crippen LogP contribution in [0.4, 0.5) is 11.4 Å². The van der Waals surface area contributed by atoms with Gasteiger partial charge in [-0.2, -0.15) is 0 Å². The normalized spacial score (nSPS) is 11.6. The summed E-state index contributed by atoms with van der Waals surface area (Å²) in [6.45, 7) is 1.67. The minimum Gasteiger partial charge on any atom is -0.325 e. The van der Waals surface area contributed by atoms with Crippen LogP contribution < -0.4 is 5.32 Å². The number of carbonyl (C=O) groups excluding carboxylic acids is 1. The molecule has 0 aliphatic carbocycles. The molecule has 0 heterocycles. The standard InChI is InChI=1S/C21H18N2O3S/c1-15-12-13-17(14-19(15)23(25)26)22-21(24)20(16-8-4-2-5-9-16)27-18-10-6-3-7-11-18/h2-14,20H,1H3,(H,22,24)/t20-/m1/s1. The third-order valence-electron chi connectivity index (χ3n) is 4.01. The van der Waals surface area contributed by atoms with Crippen LogP contribution >= 0.6 is 11.8 Å². The average molecular weight is 378 g/mol. The number of amides is 1. The van der Waals surface area contributed by atoms with Gasteiger partial charge in [0.2, 0.25) is 5.91 Å². The Morgan fingerprint density at radius 3 is 2.26 bits per heavy atom. The molecule has 6 heteroatoms. The van der Waals surface area contributed by atoms with Crippen LogP contribution in [0.25, 0.3) is 0 Å². The smallest absolute Gasteiger partial charge is 0.274 e. The van der Waals surface area contributed by atoms with Crippen LogP contribution in [-0.2, 0) is 4.79 Å². The quantitative estimate of drug-likeness (QED) is 0.355. The van der Waals surface area contributed by atoms with E-state index in [-0.39, 0.29) is 11.6 Å². The van der Waals surface area contributed by atoms with E-state index in [1.54, 1.807) is 19.1 Å². The first-order valence-electron chi connectivity index (χ1n) is 8.37. The third-order valence-corrected chi connectivity index (χ3v) is 5.28.